The second-order valence-electron chi connectivity index (χ2n) is 35.0. The number of carboxylic acids is 3. The van der Waals surface area contributed by atoms with Gasteiger partial charge in [0.25, 0.3) is 0 Å². The molecule has 0 bridgehead atoms. The molecule has 12 aromatic rings. The van der Waals surface area contributed by atoms with Crippen LogP contribution in [0.25, 0.3) is 67.2 Å². The summed E-state index contributed by atoms with van der Waals surface area (Å²) in [5.74, 6) is -1.02. The van der Waals surface area contributed by atoms with Crippen molar-refractivity contribution in [2.45, 2.75) is 140 Å². The molecule has 0 saturated carbocycles. The van der Waals surface area contributed by atoms with Gasteiger partial charge in [0.15, 0.2) is 5.69 Å². The molecule has 6 aromatic carbocycles. The van der Waals surface area contributed by atoms with Crippen LogP contribution in [0.2, 0.25) is 0 Å². The van der Waals surface area contributed by atoms with E-state index in [0.29, 0.717) is 155 Å². The Hall–Kier alpha value is -16.0. The number of halogens is 18. The lowest BCUT2D eigenvalue weighted by Gasteiger charge is -2.33. The Bertz CT molecular complexity index is 7010. The Kier molecular flexibility index (Phi) is 28.4. The molecule has 6 aliphatic rings. The molecule has 6 aromatic heterocycles. The third kappa shape index (κ3) is 21.8. The minimum Gasteiger partial charge on any atom is -0.496 e. The number of aromatic nitrogens is 8. The highest BCUT2D eigenvalue weighted by Crippen LogP contribution is 2.50. The molecule has 30 nitrogen and oxygen atoms in total. The predicted octanol–water partition coefficient (Wildman–Crippen LogP) is 22.2. The minimum absolute atomic E-state index is 0.0119. The zero-order valence-corrected chi connectivity index (χ0v) is 78.3. The van der Waals surface area contributed by atoms with Gasteiger partial charge >= 0.3 is 73.2 Å². The Morgan fingerprint density at radius 1 is 0.388 bits per heavy atom. The van der Waals surface area contributed by atoms with Gasteiger partial charge in [-0.25, -0.2) is 48.7 Å². The normalized spacial score (nSPS) is 18.0. The molecule has 147 heavy (non-hydrogen) atoms. The van der Waals surface area contributed by atoms with Crippen molar-refractivity contribution in [3.63, 3.8) is 0 Å². The SMILES string of the molecule is COc1ccc(-c2cc(C(=O)O)on2)cc1-c1ccc(N2CCC2)nc1CN1C(=O)O[C@H](c2cc(C(F)(F)F)cc(C(F)(F)F)c2)[C@@H]1C.COc1ccc(-c2cnc(C(=O)O)cn2)cc1-c1ccc(N2CCC2)nc1CN1C(=O)O[C@H](c2cc(C(F)(F)F)cc(C(F)(F)F)c2)[C@@H]1C.COc1ccc(-c2nn(C)c(C(=O)O)c2C)cc1-c1ccc(N2CCC2)nc1CN1C(=O)O[C@H](c2cc(C(F)(F)F)cc(C(F)(F)F)c2)[C@@H]1C. The van der Waals surface area contributed by atoms with Gasteiger partial charge in [0.2, 0.25) is 5.76 Å². The zero-order valence-electron chi connectivity index (χ0n) is 78.3. The Morgan fingerprint density at radius 2 is 0.707 bits per heavy atom. The van der Waals surface area contributed by atoms with Gasteiger partial charge in [-0.15, -0.1) is 0 Å². The maximum absolute atomic E-state index is 13.6. The number of carbonyl (C=O) groups is 6. The topological polar surface area (TPSA) is 346 Å². The molecule has 48 heteroatoms. The highest BCUT2D eigenvalue weighted by Gasteiger charge is 2.49. The molecule has 12 heterocycles. The van der Waals surface area contributed by atoms with E-state index >= 15 is 0 Å². The molecular weight excluding hydrogens is 1980 g/mol. The summed E-state index contributed by atoms with van der Waals surface area (Å²) in [6.45, 7) is 9.89. The number of alkyl halides is 18. The summed E-state index contributed by atoms with van der Waals surface area (Å²) in [6.07, 6.45) is -32.4. The van der Waals surface area contributed by atoms with E-state index in [0.717, 1.165) is 64.7 Å². The predicted molar refractivity (Wildman–Crippen MR) is 486 cm³/mol. The first-order valence-electron chi connectivity index (χ1n) is 44.9. The number of carbonyl (C=O) groups excluding carboxylic acids is 3. The molecule has 6 fully saturated rings. The number of cyclic esters (lactones) is 3. The largest absolute Gasteiger partial charge is 0.496 e. The van der Waals surface area contributed by atoms with Crippen molar-refractivity contribution in [3.05, 3.63) is 254 Å². The molecule has 6 atom stereocenters. The maximum atomic E-state index is 13.6. The number of hydrogen-bond acceptors (Lipinski definition) is 23. The van der Waals surface area contributed by atoms with Crippen LogP contribution < -0.4 is 28.9 Å². The number of pyridine rings is 3. The van der Waals surface area contributed by atoms with E-state index in [9.17, 15) is 123 Å². The Morgan fingerprint density at radius 3 is 0.973 bits per heavy atom. The van der Waals surface area contributed by atoms with E-state index in [1.807, 2.05) is 14.7 Å². The Balaban J connectivity index is 0.000000158. The number of methoxy groups -OCH3 is 3. The van der Waals surface area contributed by atoms with Crippen LogP contribution in [0.3, 0.4) is 0 Å². The molecule has 0 unspecified atom stereocenters. The zero-order chi connectivity index (χ0) is 106. The monoisotopic (exact) mass is 2070 g/mol. The number of rotatable bonds is 24. The number of hydrogen-bond donors (Lipinski definition) is 3. The van der Waals surface area contributed by atoms with Crippen LogP contribution in [0, 0.1) is 6.92 Å². The van der Waals surface area contributed by atoms with E-state index in [1.165, 1.54) is 80.8 Å². The van der Waals surface area contributed by atoms with Crippen molar-refractivity contribution in [1.29, 1.82) is 0 Å². The lowest BCUT2D eigenvalue weighted by atomic mass is 9.96. The van der Waals surface area contributed by atoms with Crippen LogP contribution in [-0.2, 0) is 78.0 Å². The summed E-state index contributed by atoms with van der Waals surface area (Å²) in [7, 11) is 5.88. The number of carboxylic acid groups (broad SMARTS) is 3. The fourth-order valence-electron chi connectivity index (χ4n) is 17.6. The van der Waals surface area contributed by atoms with E-state index in [2.05, 4.69) is 20.2 Å². The first-order chi connectivity index (χ1) is 69.2. The van der Waals surface area contributed by atoms with E-state index < -0.39 is 160 Å². The molecule has 18 rings (SSSR count). The van der Waals surface area contributed by atoms with Gasteiger partial charge in [-0.05, 0) is 209 Å². The van der Waals surface area contributed by atoms with Crippen molar-refractivity contribution in [2.75, 3.05) is 75.3 Å². The molecule has 0 aliphatic carbocycles. The van der Waals surface area contributed by atoms with Crippen molar-refractivity contribution in [1.82, 2.24) is 54.6 Å². The molecule has 3 amide bonds. The lowest BCUT2D eigenvalue weighted by Crippen LogP contribution is -2.38. The first kappa shape index (κ1) is 104. The number of benzene rings is 6. The summed E-state index contributed by atoms with van der Waals surface area (Å²) >= 11 is 0. The van der Waals surface area contributed by atoms with Crippen LogP contribution >= 0.6 is 0 Å². The second-order valence-corrected chi connectivity index (χ2v) is 35.0. The van der Waals surface area contributed by atoms with E-state index in [4.69, 9.17) is 47.9 Å². The highest BCUT2D eigenvalue weighted by molar-refractivity contribution is 5.91. The number of aryl methyl sites for hydroxylation is 1. The number of amides is 3. The first-order valence-corrected chi connectivity index (χ1v) is 44.9. The van der Waals surface area contributed by atoms with Gasteiger partial charge in [-0.2, -0.15) is 84.1 Å². The lowest BCUT2D eigenvalue weighted by molar-refractivity contribution is -0.144. The molecule has 6 saturated heterocycles. The summed E-state index contributed by atoms with van der Waals surface area (Å²) < 4.78 is 284. The minimum atomic E-state index is -5.08. The maximum Gasteiger partial charge on any atom is 0.416 e. The molecule has 6 aliphatic heterocycles. The van der Waals surface area contributed by atoms with Crippen LogP contribution in [-0.4, -0.2) is 185 Å². The van der Waals surface area contributed by atoms with Crippen molar-refractivity contribution >= 4 is 53.6 Å². The van der Waals surface area contributed by atoms with Gasteiger partial charge in [0, 0.05) is 108 Å². The summed E-state index contributed by atoms with van der Waals surface area (Å²) in [5, 5.41) is 36.4. The highest BCUT2D eigenvalue weighted by atomic mass is 19.4. The second kappa shape index (κ2) is 40.2. The standard InChI is InChI=1S/C34H31F6N5O5.C33H27F6N5O5.C32H26F6N4O6/c1-17-28(42-43(3)29(17)31(46)47)19-6-8-26(49-4)24(14-19)23-7-9-27(44-10-5-11-44)41-25(23)16-45-18(2)30(50-32(45)48)20-12-21(33(35,36)37)15-22(13-20)34(38,39)40;1-17-29(19-10-20(32(34,35)36)13-21(11-19)33(37,38)39)49-31(47)44(17)16-26-22(5-7-28(42-26)43-8-3-9-43)23-12-18(4-6-27(23)48-2)24-14-41-25(15-40-24)30(45)46;1-16-28(18-10-19(31(33,34)35)13-20(11-18)32(36,37)38)47-30(45)42(16)15-24-21(5-7-27(39-24)41-8-3-9-41)22-12-17(4-6-25(22)46-2)23-14-26(29(43)44)48-40-23/h6-9,12-15,18,30H,5,10-11,16H2,1-4H3,(H,46,47);4-7,10-15,17,29H,3,8-9,16H2,1-2H3,(H,45,46);4-7,10-14,16,28H,3,8-9,15H2,1-2H3,(H,43,44)/t18-,30-;17-,29-;16-,28-/m000/s1. The number of ether oxygens (including phenoxy) is 6. The van der Waals surface area contributed by atoms with Gasteiger partial charge in [-0.1, -0.05) is 5.16 Å². The quantitative estimate of drug-likeness (QED) is 0.0374. The molecular formula is C99H84F18N14O16. The molecule has 0 radical (unpaired) electrons. The van der Waals surface area contributed by atoms with Crippen molar-refractivity contribution in [3.8, 4) is 84.4 Å². The third-order valence-corrected chi connectivity index (χ3v) is 25.8. The third-order valence-electron chi connectivity index (χ3n) is 25.8. The van der Waals surface area contributed by atoms with Crippen LogP contribution in [0.15, 0.2) is 169 Å². The number of nitrogens with zero attached hydrogens (tertiary/aromatic N) is 14. The van der Waals surface area contributed by atoms with Crippen molar-refractivity contribution in [2.24, 2.45) is 7.05 Å². The van der Waals surface area contributed by atoms with E-state index in [1.54, 1.807) is 97.9 Å². The fraction of sp³-hybridized carbons (Fsp3) is 0.323. The average molecular weight is 2070 g/mol. The van der Waals surface area contributed by atoms with Gasteiger partial charge < -0.3 is 63.0 Å². The number of aromatic carboxylic acids is 3. The molecule has 3 N–H and O–H groups in total. The average Bonchev–Trinajstić information content (AvgIpc) is 1.71. The molecule has 772 valence electrons. The smallest absolute Gasteiger partial charge is 0.416 e. The van der Waals surface area contributed by atoms with Gasteiger partial charge in [0.1, 0.15) is 64.4 Å². The summed E-state index contributed by atoms with van der Waals surface area (Å²) in [4.78, 5) is 106. The van der Waals surface area contributed by atoms with E-state index in [-0.39, 0.29) is 60.7 Å². The van der Waals surface area contributed by atoms with Crippen LogP contribution in [0.1, 0.15) is 163 Å². The molecule has 0 spiro atoms. The summed E-state index contributed by atoms with van der Waals surface area (Å²) in [6, 6.07) is 27.6. The van der Waals surface area contributed by atoms with Gasteiger partial charge in [-0.3, -0.25) is 24.4 Å². The van der Waals surface area contributed by atoms with Gasteiger partial charge in [0.05, 0.1) is 133 Å². The van der Waals surface area contributed by atoms with Crippen molar-refractivity contribution < 1.29 is 156 Å². The fourth-order valence-corrected chi connectivity index (χ4v) is 17.6. The summed E-state index contributed by atoms with van der Waals surface area (Å²) in [5.41, 5.74) is -3.54. The Labute approximate surface area is 821 Å². The van der Waals surface area contributed by atoms with Crippen LogP contribution in [0.5, 0.6) is 17.2 Å². The van der Waals surface area contributed by atoms with Crippen LogP contribution in [0.4, 0.5) is 111 Å². The number of anilines is 3.